The van der Waals surface area contributed by atoms with Crippen molar-refractivity contribution in [2.45, 2.75) is 18.9 Å². The molecule has 1 aromatic heterocycles. The molecule has 0 aromatic carbocycles. The van der Waals surface area contributed by atoms with Crippen molar-refractivity contribution in [1.82, 2.24) is 4.98 Å². The van der Waals surface area contributed by atoms with Gasteiger partial charge in [0.15, 0.2) is 0 Å². The molecule has 0 atom stereocenters. The van der Waals surface area contributed by atoms with Crippen LogP contribution in [-0.2, 0) is 12.5 Å². The molecule has 2 nitrogen and oxygen atoms in total. The third kappa shape index (κ3) is 2.52. The number of rotatable bonds is 3. The molecule has 0 aliphatic heterocycles. The van der Waals surface area contributed by atoms with Crippen molar-refractivity contribution in [1.29, 1.82) is 0 Å². The molecule has 0 unspecified atom stereocenters. The van der Waals surface area contributed by atoms with Crippen molar-refractivity contribution >= 4 is 34.2 Å². The second-order valence-corrected chi connectivity index (χ2v) is 3.98. The minimum atomic E-state index is -2.61. The number of hydrogen-bond acceptors (Lipinski definition) is 2. The van der Waals surface area contributed by atoms with Gasteiger partial charge in [-0.15, -0.1) is 11.6 Å². The molecular formula is C8H7ClF2INO. The minimum absolute atomic E-state index is 0.0203. The summed E-state index contributed by atoms with van der Waals surface area (Å²) in [6, 6.07) is 1.26. The topological polar surface area (TPSA) is 33.1 Å². The van der Waals surface area contributed by atoms with E-state index in [1.54, 1.807) is 0 Å². The maximum atomic E-state index is 12.3. The zero-order valence-electron chi connectivity index (χ0n) is 6.98. The molecule has 1 aromatic rings. The summed E-state index contributed by atoms with van der Waals surface area (Å²) in [6.45, 7) is -0.239. The van der Waals surface area contributed by atoms with Gasteiger partial charge in [0.2, 0.25) is 0 Å². The van der Waals surface area contributed by atoms with Gasteiger partial charge < -0.3 is 5.11 Å². The molecule has 14 heavy (non-hydrogen) atoms. The van der Waals surface area contributed by atoms with Crippen LogP contribution >= 0.6 is 34.2 Å². The second-order valence-electron chi connectivity index (χ2n) is 2.55. The van der Waals surface area contributed by atoms with E-state index in [-0.39, 0.29) is 18.2 Å². The van der Waals surface area contributed by atoms with Crippen LogP contribution in [0.15, 0.2) is 6.07 Å². The first-order chi connectivity index (χ1) is 6.60. The number of halogens is 4. The number of aliphatic hydroxyl groups excluding tert-OH is 1. The molecule has 1 rings (SSSR count). The Labute approximate surface area is 98.4 Å². The zero-order valence-corrected chi connectivity index (χ0v) is 9.89. The lowest BCUT2D eigenvalue weighted by molar-refractivity contribution is 0.145. The van der Waals surface area contributed by atoms with Crippen LogP contribution in [0.2, 0.25) is 0 Å². The molecule has 1 heterocycles. The van der Waals surface area contributed by atoms with Gasteiger partial charge in [0.05, 0.1) is 18.2 Å². The fourth-order valence-electron chi connectivity index (χ4n) is 0.999. The van der Waals surface area contributed by atoms with E-state index in [2.05, 4.69) is 4.98 Å². The van der Waals surface area contributed by atoms with Crippen molar-refractivity contribution in [3.63, 3.8) is 0 Å². The highest BCUT2D eigenvalue weighted by atomic mass is 127. The molecule has 78 valence electrons. The SMILES string of the molecule is OCc1c(I)cc(C(F)F)nc1CCl. The van der Waals surface area contributed by atoms with Crippen LogP contribution in [0.5, 0.6) is 0 Å². The number of pyridine rings is 1. The van der Waals surface area contributed by atoms with Crippen LogP contribution in [0.25, 0.3) is 0 Å². The van der Waals surface area contributed by atoms with Crippen molar-refractivity contribution in [3.05, 3.63) is 26.6 Å². The standard InChI is InChI=1S/C8H7ClF2INO/c9-2-7-4(3-14)5(12)1-6(13-7)8(10)11/h1,8,14H,2-3H2. The van der Waals surface area contributed by atoms with Crippen molar-refractivity contribution in [3.8, 4) is 0 Å². The lowest BCUT2D eigenvalue weighted by Crippen LogP contribution is -2.03. The Balaban J connectivity index is 3.24. The largest absolute Gasteiger partial charge is 0.392 e. The Hall–Kier alpha value is -0.0100. The fourth-order valence-corrected chi connectivity index (χ4v) is 2.02. The first-order valence-electron chi connectivity index (χ1n) is 3.73. The highest BCUT2D eigenvalue weighted by Gasteiger charge is 2.15. The first-order valence-corrected chi connectivity index (χ1v) is 5.34. The quantitative estimate of drug-likeness (QED) is 0.681. The zero-order chi connectivity index (χ0) is 10.7. The molecule has 1 N–H and O–H groups in total. The smallest absolute Gasteiger partial charge is 0.280 e. The number of aliphatic hydroxyl groups is 1. The average molecular weight is 334 g/mol. The predicted molar refractivity (Wildman–Crippen MR) is 57.4 cm³/mol. The number of hydrogen-bond donors (Lipinski definition) is 1. The van der Waals surface area contributed by atoms with E-state index in [1.807, 2.05) is 22.6 Å². The van der Waals surface area contributed by atoms with E-state index in [0.29, 0.717) is 14.8 Å². The lowest BCUT2D eigenvalue weighted by atomic mass is 10.2. The van der Waals surface area contributed by atoms with Gasteiger partial charge >= 0.3 is 0 Å². The highest BCUT2D eigenvalue weighted by molar-refractivity contribution is 14.1. The summed E-state index contributed by atoms with van der Waals surface area (Å²) in [7, 11) is 0. The molecule has 0 aliphatic rings. The Kier molecular flexibility index (Phi) is 4.46. The molecular weight excluding hydrogens is 326 g/mol. The van der Waals surface area contributed by atoms with Crippen LogP contribution < -0.4 is 0 Å². The molecule has 0 radical (unpaired) electrons. The van der Waals surface area contributed by atoms with Crippen LogP contribution in [0.1, 0.15) is 23.4 Å². The van der Waals surface area contributed by atoms with Gasteiger partial charge in [-0.1, -0.05) is 0 Å². The van der Waals surface area contributed by atoms with Gasteiger partial charge in [0.25, 0.3) is 6.43 Å². The summed E-state index contributed by atoms with van der Waals surface area (Å²) < 4.78 is 25.2. The Morgan fingerprint density at radius 3 is 2.64 bits per heavy atom. The van der Waals surface area contributed by atoms with E-state index >= 15 is 0 Å². The van der Waals surface area contributed by atoms with Crippen LogP contribution in [-0.4, -0.2) is 10.1 Å². The normalized spacial score (nSPS) is 11.0. The van der Waals surface area contributed by atoms with Gasteiger partial charge in [-0.25, -0.2) is 8.78 Å². The minimum Gasteiger partial charge on any atom is -0.392 e. The fraction of sp³-hybridized carbons (Fsp3) is 0.375. The summed E-state index contributed by atoms with van der Waals surface area (Å²) in [4.78, 5) is 3.68. The van der Waals surface area contributed by atoms with E-state index in [4.69, 9.17) is 16.7 Å². The highest BCUT2D eigenvalue weighted by Crippen LogP contribution is 2.24. The summed E-state index contributed by atoms with van der Waals surface area (Å²) in [5.41, 5.74) is 0.531. The maximum Gasteiger partial charge on any atom is 0.280 e. The van der Waals surface area contributed by atoms with E-state index in [9.17, 15) is 8.78 Å². The summed E-state index contributed by atoms with van der Waals surface area (Å²) >= 11 is 7.41. The van der Waals surface area contributed by atoms with E-state index < -0.39 is 6.43 Å². The third-order valence-electron chi connectivity index (χ3n) is 1.68. The summed E-state index contributed by atoms with van der Waals surface area (Å²) in [5, 5.41) is 8.97. The predicted octanol–water partition coefficient (Wildman–Crippen LogP) is 2.85. The van der Waals surface area contributed by atoms with Crippen LogP contribution in [0.4, 0.5) is 8.78 Å². The molecule has 0 amide bonds. The van der Waals surface area contributed by atoms with Crippen molar-refractivity contribution in [2.24, 2.45) is 0 Å². The van der Waals surface area contributed by atoms with Crippen molar-refractivity contribution in [2.75, 3.05) is 0 Å². The molecule has 0 saturated carbocycles. The molecule has 6 heteroatoms. The van der Waals surface area contributed by atoms with Gasteiger partial charge in [0.1, 0.15) is 5.69 Å². The van der Waals surface area contributed by atoms with Crippen LogP contribution in [0.3, 0.4) is 0 Å². The molecule has 0 aliphatic carbocycles. The second kappa shape index (κ2) is 5.18. The number of alkyl halides is 3. The molecule has 0 fully saturated rings. The number of aromatic nitrogens is 1. The van der Waals surface area contributed by atoms with Crippen molar-refractivity contribution < 1.29 is 13.9 Å². The Morgan fingerprint density at radius 1 is 1.57 bits per heavy atom. The van der Waals surface area contributed by atoms with E-state index in [1.165, 1.54) is 6.07 Å². The molecule has 0 spiro atoms. The first kappa shape index (κ1) is 12.1. The van der Waals surface area contributed by atoms with Gasteiger partial charge in [0, 0.05) is 9.13 Å². The van der Waals surface area contributed by atoms with Crippen LogP contribution in [0, 0.1) is 3.57 Å². The van der Waals surface area contributed by atoms with Gasteiger partial charge in [-0.2, -0.15) is 0 Å². The van der Waals surface area contributed by atoms with Gasteiger partial charge in [-0.05, 0) is 28.7 Å². The maximum absolute atomic E-state index is 12.3. The lowest BCUT2D eigenvalue weighted by Gasteiger charge is -2.08. The Morgan fingerprint density at radius 2 is 2.21 bits per heavy atom. The molecule has 0 saturated heterocycles. The molecule has 0 bridgehead atoms. The van der Waals surface area contributed by atoms with Gasteiger partial charge in [-0.3, -0.25) is 4.98 Å². The third-order valence-corrected chi connectivity index (χ3v) is 2.90. The monoisotopic (exact) mass is 333 g/mol. The average Bonchev–Trinajstić information content (AvgIpc) is 2.16. The van der Waals surface area contributed by atoms with E-state index in [0.717, 1.165) is 0 Å². The number of nitrogens with zero attached hydrogens (tertiary/aromatic N) is 1. The Bertz CT molecular complexity index is 335. The summed E-state index contributed by atoms with van der Waals surface area (Å²) in [5.74, 6) is 0.0203. The summed E-state index contributed by atoms with van der Waals surface area (Å²) in [6.07, 6.45) is -2.61.